The zero-order valence-corrected chi connectivity index (χ0v) is 10.5. The van der Waals surface area contributed by atoms with Crippen LogP contribution in [0.15, 0.2) is 42.7 Å². The molecule has 0 spiro atoms. The van der Waals surface area contributed by atoms with E-state index in [1.165, 1.54) is 5.56 Å². The van der Waals surface area contributed by atoms with Gasteiger partial charge in [0.25, 0.3) is 0 Å². The highest BCUT2D eigenvalue weighted by Gasteiger charge is 2.02. The van der Waals surface area contributed by atoms with Crippen LogP contribution in [0.5, 0.6) is 5.75 Å². The smallest absolute Gasteiger partial charge is 0.143 e. The molecule has 4 nitrogen and oxygen atoms in total. The molecule has 0 aliphatic carbocycles. The first-order valence-electron chi connectivity index (χ1n) is 6.11. The molecular formula is C15H15N3O. The van der Waals surface area contributed by atoms with Gasteiger partial charge in [0.1, 0.15) is 5.75 Å². The van der Waals surface area contributed by atoms with E-state index in [2.05, 4.69) is 11.1 Å². The summed E-state index contributed by atoms with van der Waals surface area (Å²) in [7, 11) is 0. The lowest BCUT2D eigenvalue weighted by molar-refractivity contribution is 0.312. The maximum Gasteiger partial charge on any atom is 0.143 e. The Morgan fingerprint density at radius 1 is 1.21 bits per heavy atom. The number of hydrogen-bond acceptors (Lipinski definition) is 4. The van der Waals surface area contributed by atoms with Crippen LogP contribution in [-0.2, 0) is 6.42 Å². The van der Waals surface area contributed by atoms with Crippen LogP contribution < -0.4 is 10.5 Å². The Balaban J connectivity index is 1.85. The molecule has 0 bridgehead atoms. The Bertz CT molecular complexity index is 576. The molecule has 2 aromatic rings. The number of aryl methyl sites for hydroxylation is 1. The summed E-state index contributed by atoms with van der Waals surface area (Å²) in [6.07, 6.45) is 5.38. The number of pyridine rings is 1. The Morgan fingerprint density at radius 2 is 2.00 bits per heavy atom. The van der Waals surface area contributed by atoms with E-state index >= 15 is 0 Å². The molecule has 0 aliphatic rings. The Labute approximate surface area is 112 Å². The van der Waals surface area contributed by atoms with Gasteiger partial charge < -0.3 is 10.5 Å². The molecule has 0 atom stereocenters. The van der Waals surface area contributed by atoms with Gasteiger partial charge >= 0.3 is 0 Å². The van der Waals surface area contributed by atoms with E-state index in [0.29, 0.717) is 23.6 Å². The Hall–Kier alpha value is -2.54. The fraction of sp³-hybridized carbons (Fsp3) is 0.200. The van der Waals surface area contributed by atoms with Gasteiger partial charge in [-0.05, 0) is 42.7 Å². The Morgan fingerprint density at radius 3 is 2.74 bits per heavy atom. The van der Waals surface area contributed by atoms with Crippen molar-refractivity contribution in [3.05, 3.63) is 53.9 Å². The van der Waals surface area contributed by atoms with Crippen molar-refractivity contribution in [1.82, 2.24) is 4.98 Å². The van der Waals surface area contributed by atoms with E-state index in [1.807, 2.05) is 12.1 Å². The minimum absolute atomic E-state index is 0.554. The van der Waals surface area contributed by atoms with E-state index in [4.69, 9.17) is 15.7 Å². The molecule has 1 aromatic heterocycles. The summed E-state index contributed by atoms with van der Waals surface area (Å²) in [5.41, 5.74) is 8.14. The van der Waals surface area contributed by atoms with E-state index in [9.17, 15) is 0 Å². The molecule has 0 radical (unpaired) electrons. The van der Waals surface area contributed by atoms with E-state index in [0.717, 1.165) is 12.8 Å². The number of nitrogen functional groups attached to an aromatic ring is 1. The lowest BCUT2D eigenvalue weighted by atomic mass is 10.1. The largest absolute Gasteiger partial charge is 0.491 e. The first-order chi connectivity index (χ1) is 9.29. The first kappa shape index (κ1) is 12.9. The second-order valence-corrected chi connectivity index (χ2v) is 4.17. The third-order valence-electron chi connectivity index (χ3n) is 2.76. The molecule has 1 heterocycles. The van der Waals surface area contributed by atoms with Crippen LogP contribution in [0.2, 0.25) is 0 Å². The third kappa shape index (κ3) is 3.71. The molecule has 1 aromatic carbocycles. The normalized spacial score (nSPS) is 9.84. The number of nitrogens with two attached hydrogens (primary N) is 1. The van der Waals surface area contributed by atoms with Crippen molar-refractivity contribution in [2.75, 3.05) is 12.3 Å². The van der Waals surface area contributed by atoms with Crippen LogP contribution >= 0.6 is 0 Å². The van der Waals surface area contributed by atoms with Gasteiger partial charge in [-0.1, -0.05) is 0 Å². The summed E-state index contributed by atoms with van der Waals surface area (Å²) in [5, 5.41) is 8.82. The summed E-state index contributed by atoms with van der Waals surface area (Å²) < 4.78 is 5.61. The molecule has 19 heavy (non-hydrogen) atoms. The summed E-state index contributed by atoms with van der Waals surface area (Å²) in [6, 6.07) is 11.1. The lowest BCUT2D eigenvalue weighted by Gasteiger charge is -2.09. The molecule has 0 aliphatic heterocycles. The summed E-state index contributed by atoms with van der Waals surface area (Å²) in [5.74, 6) is 0.578. The molecule has 0 amide bonds. The van der Waals surface area contributed by atoms with Crippen LogP contribution in [-0.4, -0.2) is 11.6 Å². The topological polar surface area (TPSA) is 71.9 Å². The van der Waals surface area contributed by atoms with Gasteiger partial charge in [0.2, 0.25) is 0 Å². The minimum Gasteiger partial charge on any atom is -0.491 e. The molecular weight excluding hydrogens is 238 g/mol. The molecule has 4 heteroatoms. The summed E-state index contributed by atoms with van der Waals surface area (Å²) in [6.45, 7) is 0.571. The van der Waals surface area contributed by atoms with E-state index in [-0.39, 0.29) is 0 Å². The lowest BCUT2D eigenvalue weighted by Crippen LogP contribution is -2.02. The van der Waals surface area contributed by atoms with Gasteiger partial charge in [-0.3, -0.25) is 4.98 Å². The highest BCUT2D eigenvalue weighted by Crippen LogP contribution is 2.22. The molecule has 0 unspecified atom stereocenters. The number of aromatic nitrogens is 1. The van der Waals surface area contributed by atoms with Crippen molar-refractivity contribution in [2.45, 2.75) is 12.8 Å². The van der Waals surface area contributed by atoms with Crippen molar-refractivity contribution >= 4 is 5.69 Å². The van der Waals surface area contributed by atoms with Crippen LogP contribution in [0.1, 0.15) is 17.5 Å². The van der Waals surface area contributed by atoms with Crippen molar-refractivity contribution in [2.24, 2.45) is 0 Å². The SMILES string of the molecule is N#Cc1ccc(N)c(OCCCc2ccncc2)c1. The maximum atomic E-state index is 8.82. The second kappa shape index (κ2) is 6.41. The monoisotopic (exact) mass is 253 g/mol. The van der Waals surface area contributed by atoms with Gasteiger partial charge in [0, 0.05) is 18.5 Å². The molecule has 2 N–H and O–H groups in total. The van der Waals surface area contributed by atoms with E-state index < -0.39 is 0 Å². The van der Waals surface area contributed by atoms with Gasteiger partial charge in [0.05, 0.1) is 23.9 Å². The van der Waals surface area contributed by atoms with Crippen LogP contribution in [0.4, 0.5) is 5.69 Å². The number of benzene rings is 1. The third-order valence-corrected chi connectivity index (χ3v) is 2.76. The minimum atomic E-state index is 0.554. The molecule has 2 rings (SSSR count). The zero-order chi connectivity index (χ0) is 13.5. The van der Waals surface area contributed by atoms with Crippen LogP contribution in [0.3, 0.4) is 0 Å². The van der Waals surface area contributed by atoms with Crippen LogP contribution in [0.25, 0.3) is 0 Å². The highest BCUT2D eigenvalue weighted by molar-refractivity contribution is 5.55. The van der Waals surface area contributed by atoms with Crippen molar-refractivity contribution in [3.63, 3.8) is 0 Å². The molecule has 0 saturated heterocycles. The van der Waals surface area contributed by atoms with Gasteiger partial charge in [-0.25, -0.2) is 0 Å². The van der Waals surface area contributed by atoms with Gasteiger partial charge in [0.15, 0.2) is 0 Å². The average Bonchev–Trinajstić information content (AvgIpc) is 2.46. The number of nitrogens with zero attached hydrogens (tertiary/aromatic N) is 2. The van der Waals surface area contributed by atoms with Gasteiger partial charge in [-0.2, -0.15) is 5.26 Å². The number of nitriles is 1. The number of rotatable bonds is 5. The van der Waals surface area contributed by atoms with Crippen molar-refractivity contribution in [1.29, 1.82) is 5.26 Å². The van der Waals surface area contributed by atoms with Gasteiger partial charge in [-0.15, -0.1) is 0 Å². The predicted octanol–water partition coefficient (Wildman–Crippen LogP) is 2.55. The maximum absolute atomic E-state index is 8.82. The number of hydrogen-bond donors (Lipinski definition) is 1. The van der Waals surface area contributed by atoms with Crippen molar-refractivity contribution in [3.8, 4) is 11.8 Å². The number of ether oxygens (including phenoxy) is 1. The predicted molar refractivity (Wildman–Crippen MR) is 73.6 cm³/mol. The molecule has 0 fully saturated rings. The number of anilines is 1. The summed E-state index contributed by atoms with van der Waals surface area (Å²) >= 11 is 0. The standard InChI is InChI=1S/C15H15N3O/c16-11-13-3-4-14(17)15(10-13)19-9-1-2-12-5-7-18-8-6-12/h3-8,10H,1-2,9,17H2. The van der Waals surface area contributed by atoms with E-state index in [1.54, 1.807) is 30.6 Å². The fourth-order valence-electron chi connectivity index (χ4n) is 1.74. The quantitative estimate of drug-likeness (QED) is 0.656. The molecule has 96 valence electrons. The Kier molecular flexibility index (Phi) is 4.35. The van der Waals surface area contributed by atoms with Crippen LogP contribution in [0, 0.1) is 11.3 Å². The average molecular weight is 253 g/mol. The second-order valence-electron chi connectivity index (χ2n) is 4.17. The highest BCUT2D eigenvalue weighted by atomic mass is 16.5. The molecule has 0 saturated carbocycles. The summed E-state index contributed by atoms with van der Waals surface area (Å²) in [4.78, 5) is 3.97. The fourth-order valence-corrected chi connectivity index (χ4v) is 1.74. The first-order valence-corrected chi connectivity index (χ1v) is 6.11. The zero-order valence-electron chi connectivity index (χ0n) is 10.5. The van der Waals surface area contributed by atoms with Crippen molar-refractivity contribution < 1.29 is 4.74 Å².